The Balaban J connectivity index is 2.18. The first-order valence-corrected chi connectivity index (χ1v) is 7.03. The number of halogens is 1. The molecule has 1 N–H and O–H groups in total. The number of nitriles is 1. The molecule has 0 radical (unpaired) electrons. The summed E-state index contributed by atoms with van der Waals surface area (Å²) in [5.41, 5.74) is 0.302. The van der Waals surface area contributed by atoms with E-state index in [0.29, 0.717) is 37.2 Å². The summed E-state index contributed by atoms with van der Waals surface area (Å²) in [4.78, 5) is 13.6. The summed E-state index contributed by atoms with van der Waals surface area (Å²) in [6.45, 7) is 5.32. The van der Waals surface area contributed by atoms with Crippen LogP contribution < -0.4 is 0 Å². The third kappa shape index (κ3) is 2.91. The van der Waals surface area contributed by atoms with Crippen molar-refractivity contribution >= 4 is 5.97 Å². The number of hydrogen-bond donors (Lipinski definition) is 1. The van der Waals surface area contributed by atoms with E-state index >= 15 is 0 Å². The highest BCUT2D eigenvalue weighted by Gasteiger charge is 2.47. The van der Waals surface area contributed by atoms with Gasteiger partial charge in [-0.05, 0) is 42.6 Å². The fourth-order valence-electron chi connectivity index (χ4n) is 2.99. The Labute approximate surface area is 123 Å². The number of hydrogen-bond acceptors (Lipinski definition) is 3. The molecule has 21 heavy (non-hydrogen) atoms. The highest BCUT2D eigenvalue weighted by atomic mass is 19.1. The molecule has 0 bridgehead atoms. The van der Waals surface area contributed by atoms with Crippen molar-refractivity contribution < 1.29 is 14.3 Å². The second-order valence-electron chi connectivity index (χ2n) is 5.99. The maximum atomic E-state index is 13.3. The molecule has 1 saturated heterocycles. The minimum Gasteiger partial charge on any atom is -0.481 e. The molecule has 1 unspecified atom stereocenters. The topological polar surface area (TPSA) is 64.3 Å². The van der Waals surface area contributed by atoms with Crippen molar-refractivity contribution in [2.24, 2.45) is 11.3 Å². The maximum absolute atomic E-state index is 13.3. The summed E-state index contributed by atoms with van der Waals surface area (Å²) in [6, 6.07) is 6.14. The first-order valence-electron chi connectivity index (χ1n) is 7.03. The van der Waals surface area contributed by atoms with Crippen LogP contribution in [0.1, 0.15) is 31.4 Å². The van der Waals surface area contributed by atoms with Crippen molar-refractivity contribution in [3.63, 3.8) is 0 Å². The zero-order valence-electron chi connectivity index (χ0n) is 12.3. The summed E-state index contributed by atoms with van der Waals surface area (Å²) in [5.74, 6) is -1.13. The van der Waals surface area contributed by atoms with Gasteiger partial charge in [-0.3, -0.25) is 9.69 Å². The van der Waals surface area contributed by atoms with Gasteiger partial charge in [-0.15, -0.1) is 0 Å². The zero-order chi connectivity index (χ0) is 15.6. The van der Waals surface area contributed by atoms with Crippen LogP contribution in [-0.2, 0) is 11.3 Å². The van der Waals surface area contributed by atoms with Crippen LogP contribution in [0.3, 0.4) is 0 Å². The number of rotatable bonds is 4. The van der Waals surface area contributed by atoms with Gasteiger partial charge in [0.15, 0.2) is 0 Å². The number of nitrogens with zero attached hydrogens (tertiary/aromatic N) is 2. The summed E-state index contributed by atoms with van der Waals surface area (Å²) in [6.07, 6.45) is 0.581. The predicted octanol–water partition coefficient (Wildman–Crippen LogP) is 2.63. The second-order valence-corrected chi connectivity index (χ2v) is 5.99. The molecule has 4 nitrogen and oxygen atoms in total. The van der Waals surface area contributed by atoms with E-state index in [1.807, 2.05) is 18.7 Å². The Morgan fingerprint density at radius 1 is 1.57 bits per heavy atom. The van der Waals surface area contributed by atoms with E-state index in [0.717, 1.165) is 0 Å². The molecule has 112 valence electrons. The molecule has 5 heteroatoms. The van der Waals surface area contributed by atoms with Crippen molar-refractivity contribution in [2.75, 3.05) is 13.1 Å². The zero-order valence-corrected chi connectivity index (χ0v) is 12.3. The number of likely N-dealkylation sites (tertiary alicyclic amines) is 1. The fourth-order valence-corrected chi connectivity index (χ4v) is 2.99. The smallest absolute Gasteiger partial charge is 0.311 e. The van der Waals surface area contributed by atoms with Crippen molar-refractivity contribution in [1.82, 2.24) is 4.90 Å². The number of carboxylic acids is 1. The summed E-state index contributed by atoms with van der Waals surface area (Å²) < 4.78 is 13.3. The van der Waals surface area contributed by atoms with E-state index in [1.165, 1.54) is 18.2 Å². The summed E-state index contributed by atoms with van der Waals surface area (Å²) in [5, 5.41) is 18.6. The summed E-state index contributed by atoms with van der Waals surface area (Å²) >= 11 is 0. The number of carbonyl (C=O) groups is 1. The second kappa shape index (κ2) is 5.82. The fraction of sp³-hybridized carbons (Fsp3) is 0.500. The molecule has 1 aliphatic rings. The van der Waals surface area contributed by atoms with Gasteiger partial charge in [-0.2, -0.15) is 5.26 Å². The van der Waals surface area contributed by atoms with E-state index in [4.69, 9.17) is 5.26 Å². The quantitative estimate of drug-likeness (QED) is 0.926. The van der Waals surface area contributed by atoms with E-state index < -0.39 is 11.4 Å². The summed E-state index contributed by atoms with van der Waals surface area (Å²) in [7, 11) is 0. The highest BCUT2D eigenvalue weighted by Crippen LogP contribution is 2.38. The lowest BCUT2D eigenvalue weighted by Crippen LogP contribution is -2.39. The van der Waals surface area contributed by atoms with Gasteiger partial charge in [0, 0.05) is 13.1 Å². The van der Waals surface area contributed by atoms with Crippen LogP contribution >= 0.6 is 0 Å². The molecule has 1 atom stereocenters. The molecule has 0 saturated carbocycles. The van der Waals surface area contributed by atoms with Gasteiger partial charge < -0.3 is 5.11 Å². The molecule has 1 heterocycles. The van der Waals surface area contributed by atoms with E-state index in [2.05, 4.69) is 6.07 Å². The van der Waals surface area contributed by atoms with Crippen LogP contribution in [-0.4, -0.2) is 29.1 Å². The molecular formula is C16H19FN2O2. The first-order chi connectivity index (χ1) is 9.89. The van der Waals surface area contributed by atoms with Crippen molar-refractivity contribution in [3.05, 3.63) is 35.1 Å². The van der Waals surface area contributed by atoms with Crippen LogP contribution in [0.4, 0.5) is 4.39 Å². The molecule has 1 aliphatic heterocycles. The third-order valence-corrected chi connectivity index (χ3v) is 4.49. The van der Waals surface area contributed by atoms with Crippen LogP contribution in [0.25, 0.3) is 0 Å². The van der Waals surface area contributed by atoms with Crippen molar-refractivity contribution in [3.8, 4) is 6.07 Å². The number of aliphatic carboxylic acids is 1. The lowest BCUT2D eigenvalue weighted by atomic mass is 9.76. The maximum Gasteiger partial charge on any atom is 0.311 e. The van der Waals surface area contributed by atoms with Crippen LogP contribution in [0, 0.1) is 28.5 Å². The average Bonchev–Trinajstić information content (AvgIpc) is 2.84. The Hall–Kier alpha value is -1.93. The van der Waals surface area contributed by atoms with Crippen molar-refractivity contribution in [2.45, 2.75) is 26.8 Å². The minimum atomic E-state index is -0.778. The lowest BCUT2D eigenvalue weighted by molar-refractivity contribution is -0.151. The van der Waals surface area contributed by atoms with Crippen LogP contribution in [0.2, 0.25) is 0 Å². The van der Waals surface area contributed by atoms with Gasteiger partial charge in [-0.1, -0.05) is 13.8 Å². The van der Waals surface area contributed by atoms with Gasteiger partial charge in [0.2, 0.25) is 0 Å². The van der Waals surface area contributed by atoms with Gasteiger partial charge in [0.25, 0.3) is 0 Å². The molecule has 0 aliphatic carbocycles. The van der Waals surface area contributed by atoms with E-state index in [9.17, 15) is 14.3 Å². The molecule has 2 rings (SSSR count). The molecule has 1 fully saturated rings. The third-order valence-electron chi connectivity index (χ3n) is 4.49. The number of carboxylic acid groups (broad SMARTS) is 1. The molecule has 0 spiro atoms. The van der Waals surface area contributed by atoms with Gasteiger partial charge in [0.1, 0.15) is 5.82 Å². The molecule has 0 amide bonds. The van der Waals surface area contributed by atoms with Gasteiger partial charge in [-0.25, -0.2) is 4.39 Å². The Kier molecular flexibility index (Phi) is 4.29. The monoisotopic (exact) mass is 290 g/mol. The largest absolute Gasteiger partial charge is 0.481 e. The lowest BCUT2D eigenvalue weighted by Gasteiger charge is -2.29. The van der Waals surface area contributed by atoms with Crippen molar-refractivity contribution in [1.29, 1.82) is 5.26 Å². The predicted molar refractivity (Wildman–Crippen MR) is 75.9 cm³/mol. The average molecular weight is 290 g/mol. The Bertz CT molecular complexity index is 594. The van der Waals surface area contributed by atoms with Crippen LogP contribution in [0.5, 0.6) is 0 Å². The van der Waals surface area contributed by atoms with E-state index in [1.54, 1.807) is 0 Å². The van der Waals surface area contributed by atoms with Gasteiger partial charge >= 0.3 is 5.97 Å². The highest BCUT2D eigenvalue weighted by molar-refractivity contribution is 5.75. The first kappa shape index (κ1) is 15.5. The van der Waals surface area contributed by atoms with E-state index in [-0.39, 0.29) is 11.7 Å². The standard InChI is InChI=1S/C16H19FN2O2/c1-11(2)16(15(20)21)5-6-19(10-16)9-13-7-14(17)4-3-12(13)8-18/h3-4,7,11H,5-6,9-10H2,1-2H3,(H,20,21). The molecule has 1 aromatic rings. The Morgan fingerprint density at radius 3 is 2.81 bits per heavy atom. The minimum absolute atomic E-state index is 0.0305. The Morgan fingerprint density at radius 2 is 2.29 bits per heavy atom. The van der Waals surface area contributed by atoms with Crippen LogP contribution in [0.15, 0.2) is 18.2 Å². The molecule has 0 aromatic heterocycles. The number of benzene rings is 1. The SMILES string of the molecule is CC(C)C1(C(=O)O)CCN(Cc2cc(F)ccc2C#N)C1. The molecule has 1 aromatic carbocycles. The normalized spacial score (nSPS) is 22.4. The van der Waals surface area contributed by atoms with Gasteiger partial charge in [0.05, 0.1) is 17.0 Å². The molecular weight excluding hydrogens is 271 g/mol.